The van der Waals surface area contributed by atoms with Crippen molar-refractivity contribution in [2.24, 2.45) is 0 Å². The number of aromatic hydroxyl groups is 2. The Morgan fingerprint density at radius 1 is 0.545 bits per heavy atom. The summed E-state index contributed by atoms with van der Waals surface area (Å²) in [5.41, 5.74) is -1.76. The Kier molecular flexibility index (Phi) is 12.0. The van der Waals surface area contributed by atoms with Gasteiger partial charge in [-0.05, 0) is 18.2 Å². The SMILES string of the molecule is O=c1c(O[C@@H]2O[C@H](CO)[C@@H](O)[C@H](O)[C@H]2O)c(-c2ccc(O[C@@H]3O[C@H](CO)[C@@H](O)[C@H](O)[C@H]3O)c(O[C@@H]3O[C@H](CO)[C@@H](O)[C@H](O)[C@H]3O)c2)oc2cc(O)cc(O)c12. The molecule has 0 spiro atoms. The molecule has 22 nitrogen and oxygen atoms in total. The van der Waals surface area contributed by atoms with E-state index in [4.69, 9.17) is 32.8 Å². The molecule has 3 saturated heterocycles. The number of phenolic OH excluding ortho intramolecular Hbond substituents is 2. The number of benzene rings is 2. The minimum atomic E-state index is -2.03. The van der Waals surface area contributed by atoms with Gasteiger partial charge < -0.3 is 104 Å². The number of phenols is 2. The Labute approximate surface area is 307 Å². The van der Waals surface area contributed by atoms with Gasteiger partial charge in [0.05, 0.1) is 19.8 Å². The monoisotopic (exact) mass is 788 g/mol. The van der Waals surface area contributed by atoms with E-state index in [0.29, 0.717) is 0 Å². The van der Waals surface area contributed by atoms with Gasteiger partial charge in [-0.2, -0.15) is 0 Å². The molecule has 3 aliphatic rings. The van der Waals surface area contributed by atoms with E-state index in [2.05, 4.69) is 0 Å². The molecule has 0 unspecified atom stereocenters. The van der Waals surface area contributed by atoms with Crippen LogP contribution in [0, 0.1) is 0 Å². The number of ether oxygens (including phenoxy) is 6. The fourth-order valence-electron chi connectivity index (χ4n) is 6.26. The molecule has 0 radical (unpaired) electrons. The van der Waals surface area contributed by atoms with Crippen molar-refractivity contribution < 1.29 is 104 Å². The highest BCUT2D eigenvalue weighted by molar-refractivity contribution is 5.88. The van der Waals surface area contributed by atoms with Gasteiger partial charge in [-0.25, -0.2) is 0 Å². The van der Waals surface area contributed by atoms with E-state index >= 15 is 0 Å². The van der Waals surface area contributed by atoms with Crippen LogP contribution in [0.2, 0.25) is 0 Å². The molecule has 14 N–H and O–H groups in total. The van der Waals surface area contributed by atoms with Gasteiger partial charge in [0.25, 0.3) is 0 Å². The van der Waals surface area contributed by atoms with Crippen LogP contribution in [-0.2, 0) is 14.2 Å². The predicted octanol–water partition coefficient (Wildman–Crippen LogP) is -5.59. The number of fused-ring (bicyclic) bond motifs is 1. The Morgan fingerprint density at radius 2 is 1.00 bits per heavy atom. The lowest BCUT2D eigenvalue weighted by molar-refractivity contribution is -0.282. The first-order chi connectivity index (χ1) is 26.1. The third kappa shape index (κ3) is 7.63. The van der Waals surface area contributed by atoms with Gasteiger partial charge in [-0.3, -0.25) is 4.79 Å². The van der Waals surface area contributed by atoms with Crippen molar-refractivity contribution in [2.45, 2.75) is 92.1 Å². The van der Waals surface area contributed by atoms with Crippen molar-refractivity contribution in [1.82, 2.24) is 0 Å². The first-order valence-electron chi connectivity index (χ1n) is 16.7. The van der Waals surface area contributed by atoms with Crippen LogP contribution < -0.4 is 19.6 Å². The fourth-order valence-corrected chi connectivity index (χ4v) is 6.26. The lowest BCUT2D eigenvalue weighted by Crippen LogP contribution is -2.60. The zero-order valence-corrected chi connectivity index (χ0v) is 28.2. The third-order valence-electron chi connectivity index (χ3n) is 9.39. The molecule has 0 bridgehead atoms. The number of rotatable bonds is 10. The van der Waals surface area contributed by atoms with Gasteiger partial charge in [0.15, 0.2) is 17.3 Å². The van der Waals surface area contributed by atoms with Gasteiger partial charge in [0, 0.05) is 17.7 Å². The summed E-state index contributed by atoms with van der Waals surface area (Å²) in [5.74, 6) is -3.60. The average molecular weight is 789 g/mol. The van der Waals surface area contributed by atoms with Crippen molar-refractivity contribution in [3.05, 3.63) is 40.6 Å². The van der Waals surface area contributed by atoms with E-state index < -0.39 is 163 Å². The van der Waals surface area contributed by atoms with E-state index in [1.54, 1.807) is 0 Å². The molecular formula is C33H40O22. The summed E-state index contributed by atoms with van der Waals surface area (Å²) in [7, 11) is 0. The molecule has 4 heterocycles. The number of hydrogen-bond acceptors (Lipinski definition) is 22. The van der Waals surface area contributed by atoms with E-state index in [1.165, 1.54) is 6.07 Å². The minimum Gasteiger partial charge on any atom is -0.508 e. The standard InChI is InChI=1S/C33H40O22/c34-6-15-19(39)23(43)26(46)31(52-15)50-12-2-1-9(3-13(12)51-32-27(47)24(44)20(40)16(7-35)53-32)29-30(22(42)18-11(38)4-10(37)5-14(18)49-29)55-33-28(48)25(45)21(41)17(8-36)54-33/h1-5,15-17,19-21,23-28,31-41,43-48H,6-8H2/t15-,16-,17-,19-,20-,21-,23+,24+,25+,26-,27-,28-,31-,32-,33+/m1/s1. The molecule has 304 valence electrons. The molecule has 3 aromatic rings. The maximum Gasteiger partial charge on any atom is 0.239 e. The summed E-state index contributed by atoms with van der Waals surface area (Å²) < 4.78 is 39.5. The quantitative estimate of drug-likeness (QED) is 0.0910. The molecule has 2 aromatic carbocycles. The number of hydrogen-bond donors (Lipinski definition) is 14. The van der Waals surface area contributed by atoms with E-state index in [9.17, 15) is 76.3 Å². The largest absolute Gasteiger partial charge is 0.508 e. The summed E-state index contributed by atoms with van der Waals surface area (Å²) >= 11 is 0. The highest BCUT2D eigenvalue weighted by Crippen LogP contribution is 2.42. The zero-order valence-electron chi connectivity index (χ0n) is 28.2. The summed E-state index contributed by atoms with van der Waals surface area (Å²) in [4.78, 5) is 14.0. The van der Waals surface area contributed by atoms with E-state index in [-0.39, 0.29) is 5.56 Å². The predicted molar refractivity (Wildman–Crippen MR) is 174 cm³/mol. The molecule has 3 fully saturated rings. The Bertz CT molecular complexity index is 1870. The normalized spacial score (nSPS) is 36.8. The van der Waals surface area contributed by atoms with E-state index in [0.717, 1.165) is 24.3 Å². The molecule has 6 rings (SSSR count). The second-order valence-corrected chi connectivity index (χ2v) is 13.0. The molecule has 0 saturated carbocycles. The fraction of sp³-hybridized carbons (Fsp3) is 0.545. The summed E-state index contributed by atoms with van der Waals surface area (Å²) in [6.45, 7) is -2.53. The summed E-state index contributed by atoms with van der Waals surface area (Å²) in [6, 6.07) is 5.08. The second kappa shape index (κ2) is 16.3. The highest BCUT2D eigenvalue weighted by Gasteiger charge is 2.48. The molecule has 15 atom stereocenters. The van der Waals surface area contributed by atoms with Crippen molar-refractivity contribution in [2.75, 3.05) is 19.8 Å². The van der Waals surface area contributed by atoms with Gasteiger partial charge in [-0.1, -0.05) is 0 Å². The van der Waals surface area contributed by atoms with Crippen molar-refractivity contribution >= 4 is 11.0 Å². The average Bonchev–Trinajstić information content (AvgIpc) is 3.16. The van der Waals surface area contributed by atoms with Gasteiger partial charge in [0.2, 0.25) is 30.0 Å². The van der Waals surface area contributed by atoms with Crippen LogP contribution in [0.1, 0.15) is 0 Å². The van der Waals surface area contributed by atoms with Crippen LogP contribution in [-0.4, -0.2) is 183 Å². The van der Waals surface area contributed by atoms with Crippen molar-refractivity contribution in [3.8, 4) is 40.1 Å². The van der Waals surface area contributed by atoms with Crippen molar-refractivity contribution in [3.63, 3.8) is 0 Å². The molecule has 0 amide bonds. The Balaban J connectivity index is 1.48. The third-order valence-corrected chi connectivity index (χ3v) is 9.39. The minimum absolute atomic E-state index is 0.206. The first kappa shape index (κ1) is 40.7. The molecule has 0 aliphatic carbocycles. The van der Waals surface area contributed by atoms with Gasteiger partial charge in [0.1, 0.15) is 95.7 Å². The topological polar surface area (TPSA) is 369 Å². The Hall–Kier alpha value is -3.95. The Morgan fingerprint density at radius 3 is 1.47 bits per heavy atom. The molecule has 22 heteroatoms. The van der Waals surface area contributed by atoms with Gasteiger partial charge in [-0.15, -0.1) is 0 Å². The second-order valence-electron chi connectivity index (χ2n) is 13.0. The zero-order chi connectivity index (χ0) is 40.0. The maximum atomic E-state index is 14.0. The molecule has 1 aromatic heterocycles. The molecule has 3 aliphatic heterocycles. The van der Waals surface area contributed by atoms with E-state index in [1.807, 2.05) is 0 Å². The van der Waals surface area contributed by atoms with Crippen LogP contribution in [0.3, 0.4) is 0 Å². The van der Waals surface area contributed by atoms with Crippen LogP contribution >= 0.6 is 0 Å². The molecular weight excluding hydrogens is 748 g/mol. The highest BCUT2D eigenvalue weighted by atomic mass is 16.7. The first-order valence-corrected chi connectivity index (χ1v) is 16.7. The summed E-state index contributed by atoms with van der Waals surface area (Å²) in [6.07, 6.45) is -27.1. The van der Waals surface area contributed by atoms with Gasteiger partial charge >= 0.3 is 0 Å². The molecule has 55 heavy (non-hydrogen) atoms. The number of aliphatic hydroxyl groups excluding tert-OH is 12. The lowest BCUT2D eigenvalue weighted by atomic mass is 9.99. The van der Waals surface area contributed by atoms with Crippen LogP contribution in [0.4, 0.5) is 0 Å². The number of aliphatic hydroxyl groups is 12. The van der Waals surface area contributed by atoms with Crippen molar-refractivity contribution in [1.29, 1.82) is 0 Å². The summed E-state index contributed by atoms with van der Waals surface area (Å²) in [5, 5.41) is 143. The van der Waals surface area contributed by atoms with Crippen LogP contribution in [0.25, 0.3) is 22.3 Å². The smallest absolute Gasteiger partial charge is 0.239 e. The maximum absolute atomic E-state index is 14.0. The van der Waals surface area contributed by atoms with Crippen LogP contribution in [0.5, 0.6) is 28.7 Å². The van der Waals surface area contributed by atoms with Crippen LogP contribution in [0.15, 0.2) is 39.5 Å². The lowest BCUT2D eigenvalue weighted by Gasteiger charge is -2.41.